The number of carbonyl (C=O) groups is 1. The first-order valence-corrected chi connectivity index (χ1v) is 9.26. The van der Waals surface area contributed by atoms with E-state index in [0.717, 1.165) is 25.1 Å². The van der Waals surface area contributed by atoms with Crippen molar-refractivity contribution in [1.82, 2.24) is 20.0 Å². The lowest BCUT2D eigenvalue weighted by atomic mass is 9.92. The SMILES string of the molecule is CN(C)C(=O)c1cn[nH]c1[C@H]1CCCN(C[C@H](O)c2cccc([N+](=O)[O-])c2)C1. The topological polar surface area (TPSA) is 116 Å². The van der Waals surface area contributed by atoms with Crippen molar-refractivity contribution in [3.05, 3.63) is 57.4 Å². The summed E-state index contributed by atoms with van der Waals surface area (Å²) in [5, 5.41) is 28.5. The quantitative estimate of drug-likeness (QED) is 0.578. The number of aliphatic hydroxyl groups excluding tert-OH is 1. The molecular weight excluding hydrogens is 362 g/mol. The van der Waals surface area contributed by atoms with E-state index in [1.807, 2.05) is 0 Å². The molecule has 9 nitrogen and oxygen atoms in total. The highest BCUT2D eigenvalue weighted by atomic mass is 16.6. The zero-order valence-electron chi connectivity index (χ0n) is 16.0. The Balaban J connectivity index is 1.69. The Morgan fingerprint density at radius 2 is 2.29 bits per heavy atom. The van der Waals surface area contributed by atoms with Crippen LogP contribution in [0.25, 0.3) is 0 Å². The van der Waals surface area contributed by atoms with Crippen LogP contribution in [0.15, 0.2) is 30.5 Å². The lowest BCUT2D eigenvalue weighted by Crippen LogP contribution is -2.38. The van der Waals surface area contributed by atoms with E-state index in [1.54, 1.807) is 32.4 Å². The fourth-order valence-electron chi connectivity index (χ4n) is 3.67. The largest absolute Gasteiger partial charge is 0.387 e. The van der Waals surface area contributed by atoms with Gasteiger partial charge in [0, 0.05) is 45.2 Å². The fourth-order valence-corrected chi connectivity index (χ4v) is 3.67. The van der Waals surface area contributed by atoms with Crippen molar-refractivity contribution in [3.8, 4) is 0 Å². The number of hydrogen-bond donors (Lipinski definition) is 2. The summed E-state index contributed by atoms with van der Waals surface area (Å²) in [5.74, 6) is 0.0324. The average molecular weight is 387 g/mol. The molecule has 28 heavy (non-hydrogen) atoms. The standard InChI is InChI=1S/C19H25N5O4/c1-22(2)19(26)16-10-20-21-18(16)14-6-4-8-23(11-14)12-17(25)13-5-3-7-15(9-13)24(27)28/h3,5,7,9-10,14,17,25H,4,6,8,11-12H2,1-2H3,(H,20,21)/t14-,17-/m0/s1. The minimum Gasteiger partial charge on any atom is -0.387 e. The van der Waals surface area contributed by atoms with E-state index in [2.05, 4.69) is 15.1 Å². The van der Waals surface area contributed by atoms with E-state index in [-0.39, 0.29) is 17.5 Å². The number of nitro groups is 1. The van der Waals surface area contributed by atoms with E-state index in [0.29, 0.717) is 24.2 Å². The number of rotatable bonds is 6. The van der Waals surface area contributed by atoms with Gasteiger partial charge < -0.3 is 10.0 Å². The van der Waals surface area contributed by atoms with E-state index >= 15 is 0 Å². The number of carbonyl (C=O) groups excluding carboxylic acids is 1. The van der Waals surface area contributed by atoms with Crippen molar-refractivity contribution in [2.24, 2.45) is 0 Å². The first-order chi connectivity index (χ1) is 13.4. The molecule has 1 aliphatic rings. The van der Waals surface area contributed by atoms with Crippen molar-refractivity contribution < 1.29 is 14.8 Å². The van der Waals surface area contributed by atoms with Gasteiger partial charge in [-0.15, -0.1) is 0 Å². The first kappa shape index (κ1) is 20.0. The molecule has 9 heteroatoms. The molecule has 3 rings (SSSR count). The van der Waals surface area contributed by atoms with Crippen LogP contribution in [0.1, 0.15) is 46.5 Å². The second-order valence-electron chi connectivity index (χ2n) is 7.36. The number of aliphatic hydroxyl groups is 1. The predicted octanol–water partition coefficient (Wildman–Crippen LogP) is 1.93. The summed E-state index contributed by atoms with van der Waals surface area (Å²) in [5.41, 5.74) is 1.91. The minimum absolute atomic E-state index is 0.0302. The Bertz CT molecular complexity index is 850. The Morgan fingerprint density at radius 3 is 3.00 bits per heavy atom. The second-order valence-corrected chi connectivity index (χ2v) is 7.36. The summed E-state index contributed by atoms with van der Waals surface area (Å²) in [6, 6.07) is 6.10. The highest BCUT2D eigenvalue weighted by Gasteiger charge is 2.28. The molecule has 2 heterocycles. The van der Waals surface area contributed by atoms with Gasteiger partial charge in [-0.25, -0.2) is 0 Å². The number of aromatic nitrogens is 2. The van der Waals surface area contributed by atoms with Gasteiger partial charge in [-0.3, -0.25) is 24.9 Å². The lowest BCUT2D eigenvalue weighted by molar-refractivity contribution is -0.385. The van der Waals surface area contributed by atoms with Gasteiger partial charge in [-0.2, -0.15) is 5.10 Å². The van der Waals surface area contributed by atoms with Gasteiger partial charge in [0.2, 0.25) is 0 Å². The highest BCUT2D eigenvalue weighted by molar-refractivity contribution is 5.94. The minimum atomic E-state index is -0.816. The number of likely N-dealkylation sites (tertiary alicyclic amines) is 1. The summed E-state index contributed by atoms with van der Waals surface area (Å²) < 4.78 is 0. The van der Waals surface area contributed by atoms with Crippen molar-refractivity contribution in [1.29, 1.82) is 0 Å². The number of amides is 1. The molecule has 2 N–H and O–H groups in total. The number of nitrogens with zero attached hydrogens (tertiary/aromatic N) is 4. The molecule has 0 radical (unpaired) electrons. The van der Waals surface area contributed by atoms with Gasteiger partial charge in [0.25, 0.3) is 11.6 Å². The van der Waals surface area contributed by atoms with Gasteiger partial charge in [0.05, 0.1) is 28.5 Å². The van der Waals surface area contributed by atoms with Crippen LogP contribution in [0.3, 0.4) is 0 Å². The zero-order valence-corrected chi connectivity index (χ0v) is 16.0. The fraction of sp³-hybridized carbons (Fsp3) is 0.474. The molecule has 2 atom stereocenters. The Hall–Kier alpha value is -2.78. The molecular formula is C19H25N5O4. The third-order valence-electron chi connectivity index (χ3n) is 5.12. The number of non-ortho nitro benzene ring substituents is 1. The number of H-pyrrole nitrogens is 1. The molecule has 0 unspecified atom stereocenters. The van der Waals surface area contributed by atoms with E-state index in [9.17, 15) is 20.0 Å². The monoisotopic (exact) mass is 387 g/mol. The maximum absolute atomic E-state index is 12.4. The van der Waals surface area contributed by atoms with Crippen molar-refractivity contribution >= 4 is 11.6 Å². The Kier molecular flexibility index (Phi) is 6.05. The molecule has 1 aliphatic heterocycles. The summed E-state index contributed by atoms with van der Waals surface area (Å²) in [6.45, 7) is 1.89. The molecule has 1 aromatic heterocycles. The molecule has 1 aromatic carbocycles. The van der Waals surface area contributed by atoms with Gasteiger partial charge >= 0.3 is 0 Å². The highest BCUT2D eigenvalue weighted by Crippen LogP contribution is 2.29. The number of piperidine rings is 1. The third kappa shape index (κ3) is 4.37. The summed E-state index contributed by atoms with van der Waals surface area (Å²) in [7, 11) is 3.42. The number of β-amino-alcohol motifs (C(OH)–C–C–N with tert-alkyl or cyclic N) is 1. The lowest BCUT2D eigenvalue weighted by Gasteiger charge is -2.34. The molecule has 0 saturated carbocycles. The van der Waals surface area contributed by atoms with Crippen molar-refractivity contribution in [3.63, 3.8) is 0 Å². The van der Waals surface area contributed by atoms with E-state index in [4.69, 9.17) is 0 Å². The van der Waals surface area contributed by atoms with Crippen LogP contribution < -0.4 is 0 Å². The van der Waals surface area contributed by atoms with Gasteiger partial charge in [0.1, 0.15) is 0 Å². The molecule has 150 valence electrons. The summed E-state index contributed by atoms with van der Waals surface area (Å²) >= 11 is 0. The summed E-state index contributed by atoms with van der Waals surface area (Å²) in [4.78, 5) is 26.5. The van der Waals surface area contributed by atoms with E-state index < -0.39 is 11.0 Å². The number of hydrogen-bond acceptors (Lipinski definition) is 6. The van der Waals surface area contributed by atoms with Crippen LogP contribution in [-0.4, -0.2) is 69.7 Å². The molecule has 1 fully saturated rings. The van der Waals surface area contributed by atoms with Crippen LogP contribution in [0.5, 0.6) is 0 Å². The third-order valence-corrected chi connectivity index (χ3v) is 5.12. The molecule has 2 aromatic rings. The number of nitrogens with one attached hydrogen (secondary N) is 1. The van der Waals surface area contributed by atoms with Crippen molar-refractivity contribution in [2.45, 2.75) is 24.9 Å². The van der Waals surface area contributed by atoms with Crippen LogP contribution >= 0.6 is 0 Å². The number of aromatic amines is 1. The Labute approximate surface area is 163 Å². The van der Waals surface area contributed by atoms with Crippen LogP contribution in [0.2, 0.25) is 0 Å². The smallest absolute Gasteiger partial charge is 0.269 e. The predicted molar refractivity (Wildman–Crippen MR) is 103 cm³/mol. The van der Waals surface area contributed by atoms with Crippen LogP contribution in [-0.2, 0) is 0 Å². The maximum Gasteiger partial charge on any atom is 0.269 e. The van der Waals surface area contributed by atoms with Gasteiger partial charge in [-0.05, 0) is 24.9 Å². The Morgan fingerprint density at radius 1 is 1.50 bits per heavy atom. The molecule has 0 bridgehead atoms. The molecule has 0 spiro atoms. The number of nitro benzene ring substituents is 1. The first-order valence-electron chi connectivity index (χ1n) is 9.26. The van der Waals surface area contributed by atoms with Gasteiger partial charge in [-0.1, -0.05) is 12.1 Å². The molecule has 1 saturated heterocycles. The van der Waals surface area contributed by atoms with Gasteiger partial charge in [0.15, 0.2) is 0 Å². The van der Waals surface area contributed by atoms with E-state index in [1.165, 1.54) is 17.0 Å². The summed E-state index contributed by atoms with van der Waals surface area (Å²) in [6.07, 6.45) is 2.61. The molecule has 1 amide bonds. The average Bonchev–Trinajstić information content (AvgIpc) is 3.17. The normalized spacial score (nSPS) is 18.6. The second kappa shape index (κ2) is 8.49. The molecule has 0 aliphatic carbocycles. The van der Waals surface area contributed by atoms with Crippen LogP contribution in [0.4, 0.5) is 5.69 Å². The number of benzene rings is 1. The maximum atomic E-state index is 12.4. The zero-order chi connectivity index (χ0) is 20.3. The van der Waals surface area contributed by atoms with Crippen molar-refractivity contribution in [2.75, 3.05) is 33.7 Å². The van der Waals surface area contributed by atoms with Crippen LogP contribution in [0, 0.1) is 10.1 Å².